The maximum Gasteiger partial charge on any atom is 0.247 e. The van der Waals surface area contributed by atoms with Crippen molar-refractivity contribution in [1.82, 2.24) is 15.1 Å². The summed E-state index contributed by atoms with van der Waals surface area (Å²) >= 11 is 0. The molecule has 2 aromatic rings. The van der Waals surface area contributed by atoms with Gasteiger partial charge in [0.2, 0.25) is 23.6 Å². The van der Waals surface area contributed by atoms with Crippen molar-refractivity contribution >= 4 is 11.8 Å². The van der Waals surface area contributed by atoms with Crippen LogP contribution in [0.1, 0.15) is 39.0 Å². The van der Waals surface area contributed by atoms with Crippen LogP contribution < -0.4 is 4.74 Å². The number of rotatable bonds is 7. The molecule has 0 aliphatic carbocycles. The first kappa shape index (κ1) is 17.1. The van der Waals surface area contributed by atoms with Gasteiger partial charge in [-0.1, -0.05) is 20.3 Å². The maximum atomic E-state index is 11.9. The van der Waals surface area contributed by atoms with Gasteiger partial charge in [0.1, 0.15) is 12.3 Å². The van der Waals surface area contributed by atoms with E-state index in [9.17, 15) is 9.59 Å². The zero-order valence-electron chi connectivity index (χ0n) is 14.4. The lowest BCUT2D eigenvalue weighted by Crippen LogP contribution is -2.29. The SMILES string of the molecule is CCCCOc1ccc(-c2nnc(CN3C(=O)CC(C)C3=O)o2)cc1. The number of aromatic nitrogens is 2. The molecule has 1 aromatic carbocycles. The Morgan fingerprint density at radius 3 is 2.64 bits per heavy atom. The van der Waals surface area contributed by atoms with Crippen molar-refractivity contribution in [3.63, 3.8) is 0 Å². The summed E-state index contributed by atoms with van der Waals surface area (Å²) in [4.78, 5) is 24.9. The van der Waals surface area contributed by atoms with Crippen LogP contribution in [0.15, 0.2) is 28.7 Å². The molecule has 7 heteroatoms. The van der Waals surface area contributed by atoms with Crippen LogP contribution in [0.4, 0.5) is 0 Å². The highest BCUT2D eigenvalue weighted by Gasteiger charge is 2.36. The Hall–Kier alpha value is -2.70. The number of nitrogens with zero attached hydrogens (tertiary/aromatic N) is 3. The second-order valence-corrected chi connectivity index (χ2v) is 6.15. The van der Waals surface area contributed by atoms with E-state index in [4.69, 9.17) is 9.15 Å². The molecule has 1 aliphatic heterocycles. The van der Waals surface area contributed by atoms with Crippen molar-refractivity contribution in [3.05, 3.63) is 30.2 Å². The van der Waals surface area contributed by atoms with E-state index in [1.54, 1.807) is 6.92 Å². The monoisotopic (exact) mass is 343 g/mol. The lowest BCUT2D eigenvalue weighted by atomic mass is 10.1. The van der Waals surface area contributed by atoms with Crippen LogP contribution in [0.2, 0.25) is 0 Å². The van der Waals surface area contributed by atoms with Crippen LogP contribution in [-0.4, -0.2) is 33.5 Å². The van der Waals surface area contributed by atoms with Gasteiger partial charge in [0.15, 0.2) is 0 Å². The van der Waals surface area contributed by atoms with Crippen LogP contribution in [0.25, 0.3) is 11.5 Å². The zero-order valence-corrected chi connectivity index (χ0v) is 14.4. The molecule has 0 N–H and O–H groups in total. The van der Waals surface area contributed by atoms with Gasteiger partial charge in [-0.2, -0.15) is 0 Å². The fourth-order valence-corrected chi connectivity index (χ4v) is 2.61. The molecular weight excluding hydrogens is 322 g/mol. The molecule has 7 nitrogen and oxygen atoms in total. The number of benzene rings is 1. The van der Waals surface area contributed by atoms with E-state index in [2.05, 4.69) is 17.1 Å². The minimum Gasteiger partial charge on any atom is -0.494 e. The molecule has 0 bridgehead atoms. The molecule has 2 amide bonds. The van der Waals surface area contributed by atoms with Gasteiger partial charge in [0, 0.05) is 17.9 Å². The van der Waals surface area contributed by atoms with Crippen LogP contribution in [0, 0.1) is 5.92 Å². The number of imide groups is 1. The summed E-state index contributed by atoms with van der Waals surface area (Å²) in [5.41, 5.74) is 0.758. The quantitative estimate of drug-likeness (QED) is 0.568. The maximum absolute atomic E-state index is 11.9. The summed E-state index contributed by atoms with van der Waals surface area (Å²) < 4.78 is 11.2. The summed E-state index contributed by atoms with van der Waals surface area (Å²) in [6.45, 7) is 4.57. The molecule has 0 radical (unpaired) electrons. The predicted octanol–water partition coefficient (Wildman–Crippen LogP) is 2.81. The van der Waals surface area contributed by atoms with Crippen molar-refractivity contribution in [2.75, 3.05) is 6.61 Å². The first-order valence-corrected chi connectivity index (χ1v) is 8.48. The van der Waals surface area contributed by atoms with Crippen molar-refractivity contribution < 1.29 is 18.7 Å². The summed E-state index contributed by atoms with van der Waals surface area (Å²) in [6, 6.07) is 7.38. The summed E-state index contributed by atoms with van der Waals surface area (Å²) in [7, 11) is 0. The van der Waals surface area contributed by atoms with E-state index in [1.165, 1.54) is 4.90 Å². The van der Waals surface area contributed by atoms with Gasteiger partial charge >= 0.3 is 0 Å². The second kappa shape index (κ2) is 7.46. The van der Waals surface area contributed by atoms with Gasteiger partial charge in [-0.05, 0) is 30.7 Å². The van der Waals surface area contributed by atoms with Gasteiger partial charge in [-0.25, -0.2) is 0 Å². The minimum atomic E-state index is -0.282. The Kier molecular flexibility index (Phi) is 5.11. The fraction of sp³-hybridized carbons (Fsp3) is 0.444. The lowest BCUT2D eigenvalue weighted by molar-refractivity contribution is -0.140. The third-order valence-corrected chi connectivity index (χ3v) is 4.10. The van der Waals surface area contributed by atoms with Crippen molar-refractivity contribution in [2.24, 2.45) is 5.92 Å². The zero-order chi connectivity index (χ0) is 17.8. The molecule has 3 rings (SSSR count). The van der Waals surface area contributed by atoms with E-state index < -0.39 is 0 Å². The summed E-state index contributed by atoms with van der Waals surface area (Å²) in [6.07, 6.45) is 2.34. The Morgan fingerprint density at radius 2 is 2.00 bits per heavy atom. The second-order valence-electron chi connectivity index (χ2n) is 6.15. The number of likely N-dealkylation sites (tertiary alicyclic amines) is 1. The molecule has 1 atom stereocenters. The molecular formula is C18H21N3O4. The van der Waals surface area contributed by atoms with Gasteiger partial charge in [-0.3, -0.25) is 14.5 Å². The molecule has 1 aromatic heterocycles. The Bertz CT molecular complexity index is 754. The van der Waals surface area contributed by atoms with E-state index in [-0.39, 0.29) is 36.6 Å². The number of unbranched alkanes of at least 4 members (excludes halogenated alkanes) is 1. The highest BCUT2D eigenvalue weighted by Crippen LogP contribution is 2.24. The smallest absolute Gasteiger partial charge is 0.247 e. The normalized spacial score (nSPS) is 17.4. The van der Waals surface area contributed by atoms with Crippen LogP contribution >= 0.6 is 0 Å². The van der Waals surface area contributed by atoms with E-state index in [0.717, 1.165) is 24.2 Å². The number of ether oxygens (including phenoxy) is 1. The molecule has 25 heavy (non-hydrogen) atoms. The molecule has 1 saturated heterocycles. The predicted molar refractivity (Wildman–Crippen MR) is 89.5 cm³/mol. The van der Waals surface area contributed by atoms with E-state index in [0.29, 0.717) is 12.5 Å². The highest BCUT2D eigenvalue weighted by molar-refractivity contribution is 6.03. The van der Waals surface area contributed by atoms with Gasteiger partial charge in [0.25, 0.3) is 0 Å². The Labute approximate surface area is 146 Å². The number of carbonyl (C=O) groups excluding carboxylic acids is 2. The number of hydrogen-bond acceptors (Lipinski definition) is 6. The minimum absolute atomic E-state index is 0.0211. The average molecular weight is 343 g/mol. The van der Waals surface area contributed by atoms with Gasteiger partial charge < -0.3 is 9.15 Å². The van der Waals surface area contributed by atoms with Crippen molar-refractivity contribution in [3.8, 4) is 17.2 Å². The lowest BCUT2D eigenvalue weighted by Gasteiger charge is -2.10. The molecule has 1 aliphatic rings. The van der Waals surface area contributed by atoms with Crippen LogP contribution in [0.3, 0.4) is 0 Å². The molecule has 2 heterocycles. The van der Waals surface area contributed by atoms with E-state index in [1.807, 2.05) is 24.3 Å². The summed E-state index contributed by atoms with van der Waals surface area (Å²) in [5, 5.41) is 7.93. The van der Waals surface area contributed by atoms with Crippen molar-refractivity contribution in [1.29, 1.82) is 0 Å². The average Bonchev–Trinajstić information content (AvgIpc) is 3.16. The molecule has 1 fully saturated rings. The Morgan fingerprint density at radius 1 is 1.24 bits per heavy atom. The standard InChI is InChI=1S/C18H21N3O4/c1-3-4-9-24-14-7-5-13(6-8-14)17-20-19-15(25-17)11-21-16(22)10-12(2)18(21)23/h5-8,12H,3-4,9-11H2,1-2H3. The van der Waals surface area contributed by atoms with Gasteiger partial charge in [0.05, 0.1) is 6.61 Å². The molecule has 1 unspecified atom stereocenters. The molecule has 0 spiro atoms. The van der Waals surface area contributed by atoms with E-state index >= 15 is 0 Å². The van der Waals surface area contributed by atoms with Crippen LogP contribution in [-0.2, 0) is 16.1 Å². The molecule has 132 valence electrons. The third kappa shape index (κ3) is 3.87. The Balaban J connectivity index is 1.65. The first-order chi connectivity index (χ1) is 12.1. The van der Waals surface area contributed by atoms with Crippen molar-refractivity contribution in [2.45, 2.75) is 39.7 Å². The summed E-state index contributed by atoms with van der Waals surface area (Å²) in [5.74, 6) is 0.704. The number of hydrogen-bond donors (Lipinski definition) is 0. The first-order valence-electron chi connectivity index (χ1n) is 8.48. The largest absolute Gasteiger partial charge is 0.494 e. The van der Waals surface area contributed by atoms with Crippen LogP contribution in [0.5, 0.6) is 5.75 Å². The van der Waals surface area contributed by atoms with Gasteiger partial charge in [-0.15, -0.1) is 10.2 Å². The third-order valence-electron chi connectivity index (χ3n) is 4.10. The number of carbonyl (C=O) groups is 2. The molecule has 0 saturated carbocycles. The number of amides is 2. The highest BCUT2D eigenvalue weighted by atomic mass is 16.5. The topological polar surface area (TPSA) is 85.5 Å². The fourth-order valence-electron chi connectivity index (χ4n) is 2.61.